The van der Waals surface area contributed by atoms with Gasteiger partial charge in [0.2, 0.25) is 5.91 Å². The Bertz CT molecular complexity index is 961. The number of carbonyl (C=O) groups excluding carboxylic acids is 1. The third kappa shape index (κ3) is 5.19. The first-order valence-electron chi connectivity index (χ1n) is 9.32. The van der Waals surface area contributed by atoms with E-state index in [1.807, 2.05) is 55.5 Å². The van der Waals surface area contributed by atoms with Crippen LogP contribution < -0.4 is 4.74 Å². The van der Waals surface area contributed by atoms with Crippen molar-refractivity contribution in [2.45, 2.75) is 13.0 Å². The van der Waals surface area contributed by atoms with Gasteiger partial charge in [-0.25, -0.2) is 9.67 Å². The number of nitrogens with zero attached hydrogens (tertiary/aromatic N) is 4. The van der Waals surface area contributed by atoms with E-state index in [1.54, 1.807) is 41.2 Å². The third-order valence-electron chi connectivity index (χ3n) is 4.65. The van der Waals surface area contributed by atoms with Crippen LogP contribution in [0.15, 0.2) is 79.9 Å². The topological polar surface area (TPSA) is 60.2 Å². The zero-order valence-corrected chi connectivity index (χ0v) is 16.6. The summed E-state index contributed by atoms with van der Waals surface area (Å²) in [5.74, 6) is 0.707. The molecule has 0 unspecified atom stereocenters. The van der Waals surface area contributed by atoms with Crippen LogP contribution in [-0.2, 0) is 4.79 Å². The SMILES string of the molecule is C=CCOc1ccc(/C=C/C(=O)N(C)[C@@H](C)c2ccc(-n3cncn3)cc2)cc1. The number of ether oxygens (including phenoxy) is 1. The molecule has 0 aliphatic heterocycles. The van der Waals surface area contributed by atoms with Gasteiger partial charge in [-0.1, -0.05) is 36.9 Å². The summed E-state index contributed by atoms with van der Waals surface area (Å²) in [6, 6.07) is 15.4. The highest BCUT2D eigenvalue weighted by molar-refractivity contribution is 5.91. The van der Waals surface area contributed by atoms with E-state index in [4.69, 9.17) is 4.74 Å². The molecule has 1 amide bonds. The summed E-state index contributed by atoms with van der Waals surface area (Å²) in [5.41, 5.74) is 2.90. The molecule has 0 saturated heterocycles. The van der Waals surface area contributed by atoms with E-state index in [9.17, 15) is 4.79 Å². The minimum absolute atomic E-state index is 0.0633. The Morgan fingerprint density at radius 2 is 1.93 bits per heavy atom. The standard InChI is InChI=1S/C23H24N4O2/c1-4-15-29-22-12-5-19(6-13-22)7-14-23(28)26(3)18(2)20-8-10-21(11-9-20)27-17-24-16-25-27/h4-14,16-18H,1,15H2,2-3H3/b14-7+/t18-/m0/s1. The number of carbonyl (C=O) groups is 1. The monoisotopic (exact) mass is 388 g/mol. The highest BCUT2D eigenvalue weighted by atomic mass is 16.5. The largest absolute Gasteiger partial charge is 0.490 e. The molecule has 1 heterocycles. The van der Waals surface area contributed by atoms with Gasteiger partial charge in [-0.3, -0.25) is 4.79 Å². The first kappa shape index (κ1) is 20.1. The van der Waals surface area contributed by atoms with Crippen LogP contribution in [0.25, 0.3) is 11.8 Å². The van der Waals surface area contributed by atoms with Crippen molar-refractivity contribution in [1.29, 1.82) is 0 Å². The van der Waals surface area contributed by atoms with E-state index in [0.717, 1.165) is 22.6 Å². The number of hydrogen-bond acceptors (Lipinski definition) is 4. The number of amides is 1. The molecule has 0 N–H and O–H groups in total. The minimum Gasteiger partial charge on any atom is -0.490 e. The van der Waals surface area contributed by atoms with Crippen LogP contribution in [0.2, 0.25) is 0 Å². The summed E-state index contributed by atoms with van der Waals surface area (Å²) in [4.78, 5) is 18.2. The smallest absolute Gasteiger partial charge is 0.246 e. The van der Waals surface area contributed by atoms with Crippen molar-refractivity contribution in [3.8, 4) is 11.4 Å². The molecule has 3 aromatic rings. The van der Waals surface area contributed by atoms with E-state index < -0.39 is 0 Å². The van der Waals surface area contributed by atoms with E-state index >= 15 is 0 Å². The molecular weight excluding hydrogens is 364 g/mol. The Kier molecular flexibility index (Phi) is 6.58. The predicted molar refractivity (Wildman–Crippen MR) is 114 cm³/mol. The van der Waals surface area contributed by atoms with E-state index in [0.29, 0.717) is 6.61 Å². The van der Waals surface area contributed by atoms with Crippen molar-refractivity contribution in [3.63, 3.8) is 0 Å². The van der Waals surface area contributed by atoms with E-state index in [2.05, 4.69) is 16.7 Å². The molecular formula is C23H24N4O2. The van der Waals surface area contributed by atoms with Crippen LogP contribution >= 0.6 is 0 Å². The number of aromatic nitrogens is 3. The maximum atomic E-state index is 12.6. The molecule has 1 atom stereocenters. The fourth-order valence-electron chi connectivity index (χ4n) is 2.78. The number of likely N-dealkylation sites (N-methyl/N-ethyl adjacent to an activating group) is 1. The van der Waals surface area contributed by atoms with Crippen molar-refractivity contribution in [1.82, 2.24) is 19.7 Å². The first-order chi connectivity index (χ1) is 14.1. The second-order valence-electron chi connectivity index (χ2n) is 6.56. The Hall–Kier alpha value is -3.67. The van der Waals surface area contributed by atoms with Crippen molar-refractivity contribution in [2.24, 2.45) is 0 Å². The average Bonchev–Trinajstić information content (AvgIpc) is 3.31. The molecule has 6 nitrogen and oxygen atoms in total. The molecule has 2 aromatic carbocycles. The molecule has 0 fully saturated rings. The maximum absolute atomic E-state index is 12.6. The highest BCUT2D eigenvalue weighted by Crippen LogP contribution is 2.21. The van der Waals surface area contributed by atoms with Crippen molar-refractivity contribution >= 4 is 12.0 Å². The molecule has 0 bridgehead atoms. The Labute approximate surface area is 170 Å². The maximum Gasteiger partial charge on any atom is 0.246 e. The third-order valence-corrected chi connectivity index (χ3v) is 4.65. The zero-order valence-electron chi connectivity index (χ0n) is 16.6. The predicted octanol–water partition coefficient (Wildman–Crippen LogP) is 4.06. The lowest BCUT2D eigenvalue weighted by atomic mass is 10.1. The summed E-state index contributed by atoms with van der Waals surface area (Å²) in [6.45, 7) is 6.10. The molecule has 3 rings (SSSR count). The second-order valence-corrected chi connectivity index (χ2v) is 6.56. The molecule has 1 aromatic heterocycles. The van der Waals surface area contributed by atoms with Gasteiger partial charge in [-0.2, -0.15) is 5.10 Å². The minimum atomic E-state index is -0.0650. The van der Waals surface area contributed by atoms with Gasteiger partial charge >= 0.3 is 0 Å². The molecule has 0 aliphatic carbocycles. The van der Waals surface area contributed by atoms with Crippen LogP contribution in [0.4, 0.5) is 0 Å². The fourth-order valence-corrected chi connectivity index (χ4v) is 2.78. The Balaban J connectivity index is 1.61. The van der Waals surface area contributed by atoms with Gasteiger partial charge in [0.1, 0.15) is 25.0 Å². The summed E-state index contributed by atoms with van der Waals surface area (Å²) in [6.07, 6.45) is 8.23. The first-order valence-corrected chi connectivity index (χ1v) is 9.32. The van der Waals surface area contributed by atoms with Gasteiger partial charge in [0.15, 0.2) is 0 Å². The van der Waals surface area contributed by atoms with Gasteiger partial charge in [0.25, 0.3) is 0 Å². The van der Waals surface area contributed by atoms with Gasteiger partial charge in [0.05, 0.1) is 11.7 Å². The molecule has 0 aliphatic rings. The molecule has 6 heteroatoms. The fraction of sp³-hybridized carbons (Fsp3) is 0.174. The van der Waals surface area contributed by atoms with Gasteiger partial charge in [-0.05, 0) is 48.4 Å². The lowest BCUT2D eigenvalue weighted by Crippen LogP contribution is -2.27. The lowest BCUT2D eigenvalue weighted by molar-refractivity contribution is -0.126. The van der Waals surface area contributed by atoms with E-state index in [1.165, 1.54) is 6.33 Å². The zero-order chi connectivity index (χ0) is 20.6. The quantitative estimate of drug-likeness (QED) is 0.431. The summed E-state index contributed by atoms with van der Waals surface area (Å²) in [7, 11) is 1.80. The summed E-state index contributed by atoms with van der Waals surface area (Å²) < 4.78 is 7.15. The molecule has 0 spiro atoms. The normalized spacial score (nSPS) is 11.9. The van der Waals surface area contributed by atoms with Crippen LogP contribution in [0.1, 0.15) is 24.1 Å². The number of rotatable bonds is 8. The molecule has 29 heavy (non-hydrogen) atoms. The van der Waals surface area contributed by atoms with Crippen LogP contribution in [0.5, 0.6) is 5.75 Å². The van der Waals surface area contributed by atoms with Crippen LogP contribution in [0, 0.1) is 0 Å². The van der Waals surface area contributed by atoms with E-state index in [-0.39, 0.29) is 11.9 Å². The Morgan fingerprint density at radius 1 is 1.21 bits per heavy atom. The van der Waals surface area contributed by atoms with Gasteiger partial charge < -0.3 is 9.64 Å². The van der Waals surface area contributed by atoms with Gasteiger partial charge in [-0.15, -0.1) is 0 Å². The highest BCUT2D eigenvalue weighted by Gasteiger charge is 2.15. The molecule has 0 radical (unpaired) electrons. The van der Waals surface area contributed by atoms with Crippen LogP contribution in [0.3, 0.4) is 0 Å². The van der Waals surface area contributed by atoms with Crippen molar-refractivity contribution < 1.29 is 9.53 Å². The van der Waals surface area contributed by atoms with Crippen molar-refractivity contribution in [2.75, 3.05) is 13.7 Å². The lowest BCUT2D eigenvalue weighted by Gasteiger charge is -2.24. The van der Waals surface area contributed by atoms with Gasteiger partial charge in [0, 0.05) is 13.1 Å². The number of hydrogen-bond donors (Lipinski definition) is 0. The second kappa shape index (κ2) is 9.50. The van der Waals surface area contributed by atoms with Crippen LogP contribution in [-0.4, -0.2) is 39.2 Å². The average molecular weight is 388 g/mol. The number of benzene rings is 2. The Morgan fingerprint density at radius 3 is 2.55 bits per heavy atom. The molecule has 0 saturated carbocycles. The summed E-state index contributed by atoms with van der Waals surface area (Å²) in [5, 5.41) is 4.12. The molecule has 148 valence electrons. The summed E-state index contributed by atoms with van der Waals surface area (Å²) >= 11 is 0. The van der Waals surface area contributed by atoms with Crippen molar-refractivity contribution in [3.05, 3.63) is 91.0 Å².